The fourth-order valence-corrected chi connectivity index (χ4v) is 0.324. The van der Waals surface area contributed by atoms with Crippen molar-refractivity contribution in [1.82, 2.24) is 5.43 Å². The van der Waals surface area contributed by atoms with E-state index in [1.54, 1.807) is 0 Å². The van der Waals surface area contributed by atoms with Gasteiger partial charge in [-0.15, -0.1) is 0 Å². The molecular weight excluding hydrogens is 136 g/mol. The van der Waals surface area contributed by atoms with Gasteiger partial charge in [0.1, 0.15) is 6.21 Å². The van der Waals surface area contributed by atoms with Crippen molar-refractivity contribution in [3.8, 4) is 0 Å². The van der Waals surface area contributed by atoms with Crippen molar-refractivity contribution in [2.75, 3.05) is 13.2 Å². The fraction of sp³-hybridized carbons (Fsp3) is 0.600. The van der Waals surface area contributed by atoms with Crippen LogP contribution in [-0.2, 0) is 4.79 Å². The van der Waals surface area contributed by atoms with E-state index < -0.39 is 5.97 Å². The zero-order valence-electron chi connectivity index (χ0n) is 5.45. The molecule has 10 heavy (non-hydrogen) atoms. The topological polar surface area (TPSA) is 81.9 Å². The Morgan fingerprint density at radius 1 is 1.70 bits per heavy atom. The van der Waals surface area contributed by atoms with E-state index in [-0.39, 0.29) is 6.61 Å². The normalized spacial score (nSPS) is 10.1. The molecule has 0 spiro atoms. The average Bonchev–Trinajstić information content (AvgIpc) is 1.87. The lowest BCUT2D eigenvalue weighted by Crippen LogP contribution is -2.10. The summed E-state index contributed by atoms with van der Waals surface area (Å²) in [4.78, 5) is 9.79. The highest BCUT2D eigenvalue weighted by Gasteiger charge is 1.84. The third kappa shape index (κ3) is 6.90. The summed E-state index contributed by atoms with van der Waals surface area (Å²) in [6.45, 7) is 0.565. The van der Waals surface area contributed by atoms with E-state index in [9.17, 15) is 4.79 Å². The van der Waals surface area contributed by atoms with Gasteiger partial charge in [-0.1, -0.05) is 0 Å². The Hall–Kier alpha value is -1.10. The first-order chi connectivity index (χ1) is 4.77. The SMILES string of the molecule is O=C(O)C=NNCCCO. The van der Waals surface area contributed by atoms with Gasteiger partial charge in [0.25, 0.3) is 0 Å². The number of rotatable bonds is 5. The highest BCUT2D eigenvalue weighted by molar-refractivity contribution is 6.21. The van der Waals surface area contributed by atoms with Crippen molar-refractivity contribution in [2.24, 2.45) is 5.10 Å². The molecule has 5 heteroatoms. The molecule has 5 nitrogen and oxygen atoms in total. The van der Waals surface area contributed by atoms with Gasteiger partial charge >= 0.3 is 5.97 Å². The Bertz CT molecular complexity index is 124. The van der Waals surface area contributed by atoms with E-state index in [1.807, 2.05) is 0 Å². The Balaban J connectivity index is 3.10. The van der Waals surface area contributed by atoms with Gasteiger partial charge in [-0.05, 0) is 6.42 Å². The van der Waals surface area contributed by atoms with Crippen molar-refractivity contribution in [1.29, 1.82) is 0 Å². The highest BCUT2D eigenvalue weighted by atomic mass is 16.4. The molecule has 0 radical (unpaired) electrons. The number of carboxylic acids is 1. The summed E-state index contributed by atoms with van der Waals surface area (Å²) in [5, 5.41) is 19.6. The van der Waals surface area contributed by atoms with Crippen LogP contribution in [-0.4, -0.2) is 35.5 Å². The van der Waals surface area contributed by atoms with Crippen LogP contribution in [0.3, 0.4) is 0 Å². The minimum absolute atomic E-state index is 0.0790. The van der Waals surface area contributed by atoms with Gasteiger partial charge in [0.05, 0.1) is 0 Å². The van der Waals surface area contributed by atoms with Crippen LogP contribution in [0.1, 0.15) is 6.42 Å². The number of aliphatic hydroxyl groups excluding tert-OH is 1. The minimum Gasteiger partial charge on any atom is -0.477 e. The van der Waals surface area contributed by atoms with Crippen LogP contribution < -0.4 is 5.43 Å². The van der Waals surface area contributed by atoms with Crippen LogP contribution in [0.2, 0.25) is 0 Å². The van der Waals surface area contributed by atoms with Crippen LogP contribution in [0.5, 0.6) is 0 Å². The zero-order chi connectivity index (χ0) is 7.82. The summed E-state index contributed by atoms with van der Waals surface area (Å²) >= 11 is 0. The Morgan fingerprint density at radius 3 is 2.90 bits per heavy atom. The Labute approximate surface area is 58.4 Å². The minimum atomic E-state index is -1.09. The third-order valence-corrected chi connectivity index (χ3v) is 0.713. The molecule has 0 saturated heterocycles. The maximum atomic E-state index is 9.79. The summed E-state index contributed by atoms with van der Waals surface area (Å²) in [5.74, 6) is -1.09. The van der Waals surface area contributed by atoms with Gasteiger partial charge in [0, 0.05) is 13.2 Å². The number of aliphatic carboxylic acids is 1. The van der Waals surface area contributed by atoms with Crippen LogP contribution in [0, 0.1) is 0 Å². The lowest BCUT2D eigenvalue weighted by Gasteiger charge is -1.93. The Morgan fingerprint density at radius 2 is 2.40 bits per heavy atom. The van der Waals surface area contributed by atoms with Gasteiger partial charge in [-0.2, -0.15) is 5.10 Å². The molecule has 0 unspecified atom stereocenters. The Kier molecular flexibility index (Phi) is 5.36. The molecule has 0 heterocycles. The summed E-state index contributed by atoms with van der Waals surface area (Å²) in [5.41, 5.74) is 2.45. The maximum Gasteiger partial charge on any atom is 0.348 e. The molecule has 0 fully saturated rings. The average molecular weight is 146 g/mol. The molecule has 0 aromatic rings. The van der Waals surface area contributed by atoms with Crippen LogP contribution in [0.15, 0.2) is 5.10 Å². The summed E-state index contributed by atoms with van der Waals surface area (Å²) in [7, 11) is 0. The number of nitrogens with zero attached hydrogens (tertiary/aromatic N) is 1. The second-order valence-electron chi connectivity index (χ2n) is 1.58. The van der Waals surface area contributed by atoms with E-state index >= 15 is 0 Å². The number of hydrogen-bond donors (Lipinski definition) is 3. The van der Waals surface area contributed by atoms with Crippen molar-refractivity contribution in [3.63, 3.8) is 0 Å². The highest BCUT2D eigenvalue weighted by Crippen LogP contribution is 1.70. The van der Waals surface area contributed by atoms with E-state index in [1.165, 1.54) is 0 Å². The first-order valence-electron chi connectivity index (χ1n) is 2.87. The van der Waals surface area contributed by atoms with Gasteiger partial charge in [-0.3, -0.25) is 0 Å². The van der Waals surface area contributed by atoms with Gasteiger partial charge in [-0.25, -0.2) is 4.79 Å². The van der Waals surface area contributed by atoms with E-state index in [0.717, 1.165) is 6.21 Å². The number of hydrazone groups is 1. The zero-order valence-corrected chi connectivity index (χ0v) is 5.45. The second kappa shape index (κ2) is 6.03. The van der Waals surface area contributed by atoms with Crippen molar-refractivity contribution >= 4 is 12.2 Å². The van der Waals surface area contributed by atoms with Crippen molar-refractivity contribution < 1.29 is 15.0 Å². The van der Waals surface area contributed by atoms with E-state index in [2.05, 4.69) is 10.5 Å². The van der Waals surface area contributed by atoms with E-state index in [0.29, 0.717) is 13.0 Å². The van der Waals surface area contributed by atoms with Gasteiger partial charge < -0.3 is 15.6 Å². The fourth-order valence-electron chi connectivity index (χ4n) is 0.324. The van der Waals surface area contributed by atoms with Gasteiger partial charge in [0.2, 0.25) is 0 Å². The van der Waals surface area contributed by atoms with Crippen molar-refractivity contribution in [2.45, 2.75) is 6.42 Å². The number of nitrogens with one attached hydrogen (secondary N) is 1. The second-order valence-corrected chi connectivity index (χ2v) is 1.58. The number of hydrogen-bond acceptors (Lipinski definition) is 4. The van der Waals surface area contributed by atoms with Crippen LogP contribution in [0.25, 0.3) is 0 Å². The first-order valence-corrected chi connectivity index (χ1v) is 2.87. The number of aliphatic hydroxyl groups is 1. The summed E-state index contributed by atoms with van der Waals surface area (Å²) in [6, 6.07) is 0. The summed E-state index contributed by atoms with van der Waals surface area (Å²) in [6.07, 6.45) is 1.33. The maximum absolute atomic E-state index is 9.79. The van der Waals surface area contributed by atoms with E-state index in [4.69, 9.17) is 10.2 Å². The molecule has 0 bridgehead atoms. The molecule has 0 aromatic carbocycles. The smallest absolute Gasteiger partial charge is 0.348 e. The molecule has 0 rings (SSSR count). The predicted octanol–water partition coefficient (Wildman–Crippen LogP) is -0.971. The lowest BCUT2D eigenvalue weighted by atomic mass is 10.5. The molecule has 0 aliphatic rings. The number of carboxylic acid groups (broad SMARTS) is 1. The molecule has 0 amide bonds. The quantitative estimate of drug-likeness (QED) is 0.265. The predicted molar refractivity (Wildman–Crippen MR) is 35.8 cm³/mol. The van der Waals surface area contributed by atoms with Crippen LogP contribution >= 0.6 is 0 Å². The first kappa shape index (κ1) is 8.90. The summed E-state index contributed by atoms with van der Waals surface area (Å²) < 4.78 is 0. The van der Waals surface area contributed by atoms with Crippen molar-refractivity contribution in [3.05, 3.63) is 0 Å². The standard InChI is InChI=1S/C5H10N2O3/c8-3-1-2-6-7-4-5(9)10/h4,6,8H,1-3H2,(H,9,10). The molecule has 0 saturated carbocycles. The molecule has 0 aromatic heterocycles. The van der Waals surface area contributed by atoms with Gasteiger partial charge in [0.15, 0.2) is 0 Å². The number of carbonyl (C=O) groups is 1. The molecule has 0 aliphatic carbocycles. The van der Waals surface area contributed by atoms with Crippen LogP contribution in [0.4, 0.5) is 0 Å². The largest absolute Gasteiger partial charge is 0.477 e. The molecule has 58 valence electrons. The molecule has 0 atom stereocenters. The molecule has 3 N–H and O–H groups in total. The third-order valence-electron chi connectivity index (χ3n) is 0.713. The molecule has 0 aliphatic heterocycles. The lowest BCUT2D eigenvalue weighted by molar-refractivity contribution is -0.128. The molecular formula is C5H10N2O3. The monoisotopic (exact) mass is 146 g/mol.